The zero-order valence-corrected chi connectivity index (χ0v) is 10.7. The first-order valence-corrected chi connectivity index (χ1v) is 6.48. The number of thiocarbonyl (C=S) groups is 1. The topological polar surface area (TPSA) is 55.1 Å². The maximum absolute atomic E-state index is 12.1. The van der Waals surface area contributed by atoms with E-state index in [1.165, 1.54) is 19.3 Å². The van der Waals surface area contributed by atoms with Gasteiger partial charge < -0.3 is 11.1 Å². The highest BCUT2D eigenvalue weighted by Gasteiger charge is 2.47. The first-order chi connectivity index (χ1) is 7.49. The van der Waals surface area contributed by atoms with Crippen molar-refractivity contribution in [1.29, 1.82) is 0 Å². The molecule has 0 aliphatic heterocycles. The summed E-state index contributed by atoms with van der Waals surface area (Å²) in [7, 11) is 0. The van der Waals surface area contributed by atoms with E-state index in [9.17, 15) is 4.79 Å². The lowest BCUT2D eigenvalue weighted by atomic mass is 9.67. The molecule has 2 fully saturated rings. The van der Waals surface area contributed by atoms with Crippen molar-refractivity contribution >= 4 is 23.1 Å². The van der Waals surface area contributed by atoms with Crippen LogP contribution in [0.3, 0.4) is 0 Å². The van der Waals surface area contributed by atoms with Crippen LogP contribution in [-0.2, 0) is 4.79 Å². The minimum Gasteiger partial charge on any atom is -0.392 e. The molecule has 4 heteroatoms. The first-order valence-electron chi connectivity index (χ1n) is 6.07. The van der Waals surface area contributed by atoms with Gasteiger partial charge in [0.05, 0.1) is 10.4 Å². The number of hydrogen-bond acceptors (Lipinski definition) is 2. The molecule has 2 rings (SSSR count). The fourth-order valence-corrected chi connectivity index (χ4v) is 2.83. The van der Waals surface area contributed by atoms with Crippen LogP contribution in [0.2, 0.25) is 0 Å². The number of carbonyl (C=O) groups is 1. The average molecular weight is 240 g/mol. The Kier molecular flexibility index (Phi) is 2.95. The third-order valence-corrected chi connectivity index (χ3v) is 4.74. The van der Waals surface area contributed by atoms with Gasteiger partial charge in [-0.1, -0.05) is 32.0 Å². The number of amides is 1. The Morgan fingerprint density at radius 1 is 1.31 bits per heavy atom. The lowest BCUT2D eigenvalue weighted by molar-refractivity contribution is -0.131. The van der Waals surface area contributed by atoms with E-state index in [-0.39, 0.29) is 5.91 Å². The second-order valence-corrected chi connectivity index (χ2v) is 6.09. The second-order valence-electron chi connectivity index (χ2n) is 5.65. The van der Waals surface area contributed by atoms with Crippen LogP contribution in [0.25, 0.3) is 0 Å². The van der Waals surface area contributed by atoms with Crippen molar-refractivity contribution in [1.82, 2.24) is 5.32 Å². The monoisotopic (exact) mass is 240 g/mol. The summed E-state index contributed by atoms with van der Waals surface area (Å²) in [6, 6.07) is 0. The Balaban J connectivity index is 1.89. The minimum absolute atomic E-state index is 0.0550. The molecule has 90 valence electrons. The van der Waals surface area contributed by atoms with Gasteiger partial charge >= 0.3 is 0 Å². The van der Waals surface area contributed by atoms with Crippen LogP contribution < -0.4 is 11.1 Å². The molecule has 2 saturated carbocycles. The molecule has 0 bridgehead atoms. The quantitative estimate of drug-likeness (QED) is 0.736. The summed E-state index contributed by atoms with van der Waals surface area (Å²) in [5.41, 5.74) is 5.49. The number of nitrogens with one attached hydrogen (secondary N) is 1. The van der Waals surface area contributed by atoms with E-state index in [1.807, 2.05) is 0 Å². The van der Waals surface area contributed by atoms with Crippen LogP contribution in [0, 0.1) is 10.8 Å². The summed E-state index contributed by atoms with van der Waals surface area (Å²) < 4.78 is 0. The van der Waals surface area contributed by atoms with Crippen molar-refractivity contribution in [3.8, 4) is 0 Å². The molecule has 0 radical (unpaired) electrons. The Labute approximate surface area is 102 Å². The Bertz CT molecular complexity index is 319. The van der Waals surface area contributed by atoms with Crippen molar-refractivity contribution in [2.24, 2.45) is 16.6 Å². The molecule has 0 heterocycles. The normalized spacial score (nSPS) is 25.1. The second kappa shape index (κ2) is 3.99. The molecule has 0 aromatic carbocycles. The standard InChI is InChI=1S/C12H20N2OS/c1-11(4-2-5-11)8-14-10(15)12(9(13)16)6-3-7-12/h2-8H2,1H3,(H2,13,16)(H,14,15). The lowest BCUT2D eigenvalue weighted by Gasteiger charge is -2.42. The largest absolute Gasteiger partial charge is 0.392 e. The Morgan fingerprint density at radius 2 is 1.88 bits per heavy atom. The van der Waals surface area contributed by atoms with Crippen molar-refractivity contribution in [3.63, 3.8) is 0 Å². The van der Waals surface area contributed by atoms with Crippen molar-refractivity contribution in [3.05, 3.63) is 0 Å². The minimum atomic E-state index is -0.518. The molecule has 3 nitrogen and oxygen atoms in total. The van der Waals surface area contributed by atoms with Crippen LogP contribution in [0.1, 0.15) is 45.4 Å². The third-order valence-electron chi connectivity index (χ3n) is 4.35. The highest BCUT2D eigenvalue weighted by Crippen LogP contribution is 2.43. The van der Waals surface area contributed by atoms with Gasteiger partial charge in [0, 0.05) is 6.54 Å². The summed E-state index contributed by atoms with van der Waals surface area (Å²) in [4.78, 5) is 12.5. The molecule has 2 aliphatic rings. The maximum Gasteiger partial charge on any atom is 0.233 e. The van der Waals surface area contributed by atoms with Gasteiger partial charge in [-0.2, -0.15) is 0 Å². The van der Waals surface area contributed by atoms with E-state index in [2.05, 4.69) is 12.2 Å². The van der Waals surface area contributed by atoms with Gasteiger partial charge in [0.2, 0.25) is 5.91 Å². The fourth-order valence-electron chi connectivity index (χ4n) is 2.54. The van der Waals surface area contributed by atoms with E-state index >= 15 is 0 Å². The smallest absolute Gasteiger partial charge is 0.233 e. The fraction of sp³-hybridized carbons (Fsp3) is 0.833. The summed E-state index contributed by atoms with van der Waals surface area (Å²) in [5, 5.41) is 3.04. The summed E-state index contributed by atoms with van der Waals surface area (Å²) in [6.07, 6.45) is 6.42. The molecule has 1 amide bonds. The number of hydrogen-bond donors (Lipinski definition) is 2. The zero-order chi connectivity index (χ0) is 11.8. The van der Waals surface area contributed by atoms with Gasteiger partial charge in [0.1, 0.15) is 0 Å². The van der Waals surface area contributed by atoms with Crippen LogP contribution in [0.5, 0.6) is 0 Å². The lowest BCUT2D eigenvalue weighted by Crippen LogP contribution is -2.55. The predicted molar refractivity (Wildman–Crippen MR) is 68.0 cm³/mol. The highest BCUT2D eigenvalue weighted by atomic mass is 32.1. The Morgan fingerprint density at radius 3 is 2.19 bits per heavy atom. The van der Waals surface area contributed by atoms with Gasteiger partial charge in [0.25, 0.3) is 0 Å². The van der Waals surface area contributed by atoms with Gasteiger partial charge in [-0.25, -0.2) is 0 Å². The van der Waals surface area contributed by atoms with E-state index in [0.29, 0.717) is 10.4 Å². The number of rotatable bonds is 4. The van der Waals surface area contributed by atoms with Crippen LogP contribution in [0.15, 0.2) is 0 Å². The van der Waals surface area contributed by atoms with Gasteiger partial charge in [-0.05, 0) is 31.1 Å². The van der Waals surface area contributed by atoms with Crippen LogP contribution in [0.4, 0.5) is 0 Å². The van der Waals surface area contributed by atoms with Crippen molar-refractivity contribution in [2.45, 2.75) is 45.4 Å². The van der Waals surface area contributed by atoms with E-state index < -0.39 is 5.41 Å². The molecule has 0 saturated heterocycles. The van der Waals surface area contributed by atoms with E-state index in [1.54, 1.807) is 0 Å². The first kappa shape index (κ1) is 11.8. The molecule has 0 atom stereocenters. The molecule has 0 spiro atoms. The molecular weight excluding hydrogens is 220 g/mol. The van der Waals surface area contributed by atoms with Gasteiger partial charge in [-0.15, -0.1) is 0 Å². The molecule has 0 unspecified atom stereocenters. The summed E-state index contributed by atoms with van der Waals surface area (Å²) in [5.74, 6) is 0.0550. The highest BCUT2D eigenvalue weighted by molar-refractivity contribution is 7.80. The number of carbonyl (C=O) groups excluding carboxylic acids is 1. The third kappa shape index (κ3) is 1.83. The summed E-state index contributed by atoms with van der Waals surface area (Å²) >= 11 is 5.02. The SMILES string of the molecule is CC1(CNC(=O)C2(C(N)=S)CCC2)CCC1. The number of nitrogens with two attached hydrogens (primary N) is 1. The van der Waals surface area contributed by atoms with Crippen molar-refractivity contribution < 1.29 is 4.79 Å². The van der Waals surface area contributed by atoms with Crippen LogP contribution >= 0.6 is 12.2 Å². The van der Waals surface area contributed by atoms with Gasteiger partial charge in [-0.3, -0.25) is 4.79 Å². The molecule has 2 aliphatic carbocycles. The maximum atomic E-state index is 12.1. The van der Waals surface area contributed by atoms with Crippen LogP contribution in [-0.4, -0.2) is 17.4 Å². The van der Waals surface area contributed by atoms with Gasteiger partial charge in [0.15, 0.2) is 0 Å². The van der Waals surface area contributed by atoms with E-state index in [0.717, 1.165) is 25.8 Å². The van der Waals surface area contributed by atoms with E-state index in [4.69, 9.17) is 18.0 Å². The molecule has 0 aromatic heterocycles. The molecular formula is C12H20N2OS. The average Bonchev–Trinajstić information content (AvgIpc) is 2.09. The predicted octanol–water partition coefficient (Wildman–Crippen LogP) is 1.75. The van der Waals surface area contributed by atoms with Crippen molar-refractivity contribution in [2.75, 3.05) is 6.54 Å². The zero-order valence-electron chi connectivity index (χ0n) is 9.84. The molecule has 0 aromatic rings. The summed E-state index contributed by atoms with van der Waals surface area (Å²) in [6.45, 7) is 3.00. The molecule has 3 N–H and O–H groups in total. The molecule has 16 heavy (non-hydrogen) atoms. The Hall–Kier alpha value is -0.640.